The van der Waals surface area contributed by atoms with Gasteiger partial charge in [0.05, 0.1) is 11.5 Å². The van der Waals surface area contributed by atoms with Crippen LogP contribution in [0.5, 0.6) is 0 Å². The zero-order valence-corrected chi connectivity index (χ0v) is 20.0. The number of benzene rings is 3. The van der Waals surface area contributed by atoms with E-state index in [1.54, 1.807) is 56.3 Å². The second kappa shape index (κ2) is 9.97. The molecule has 0 amide bonds. The number of carboxylic acids is 1. The number of aromatic nitrogens is 2. The molecule has 8 heteroatoms. The van der Waals surface area contributed by atoms with E-state index in [1.165, 1.54) is 6.07 Å². The normalized spacial score (nSPS) is 13.4. The topological polar surface area (TPSA) is 76.2 Å². The van der Waals surface area contributed by atoms with E-state index in [0.717, 1.165) is 17.2 Å². The number of nitrogens with zero attached hydrogens (tertiary/aromatic N) is 2. The smallest absolute Gasteiger partial charge is 0.417 e. The van der Waals surface area contributed by atoms with Crippen LogP contribution in [0.25, 0.3) is 34.0 Å². The Kier molecular flexibility index (Phi) is 6.97. The lowest BCUT2D eigenvalue weighted by molar-refractivity contribution is -0.141. The SMILES string of the molecule is Cc1ccccc1-c1ccc(-c2nc(-c3ccc([C@H](C)C[C@H](C)C(=O)O)cc3)no2)cc1C(F)(F)F. The summed E-state index contributed by atoms with van der Waals surface area (Å²) >= 11 is 0. The first kappa shape index (κ1) is 25.2. The lowest BCUT2D eigenvalue weighted by Crippen LogP contribution is -2.12. The average Bonchev–Trinajstić information content (AvgIpc) is 3.34. The average molecular weight is 495 g/mol. The molecule has 36 heavy (non-hydrogen) atoms. The van der Waals surface area contributed by atoms with E-state index < -0.39 is 23.6 Å². The summed E-state index contributed by atoms with van der Waals surface area (Å²) in [5.41, 5.74) is 2.35. The lowest BCUT2D eigenvalue weighted by Gasteiger charge is -2.15. The maximum Gasteiger partial charge on any atom is 0.417 e. The Balaban J connectivity index is 1.61. The first-order valence-electron chi connectivity index (χ1n) is 11.5. The maximum absolute atomic E-state index is 14.0. The summed E-state index contributed by atoms with van der Waals surface area (Å²) in [4.78, 5) is 15.4. The maximum atomic E-state index is 14.0. The van der Waals surface area contributed by atoms with Crippen LogP contribution in [0.4, 0.5) is 13.2 Å². The van der Waals surface area contributed by atoms with E-state index in [-0.39, 0.29) is 28.8 Å². The van der Waals surface area contributed by atoms with Gasteiger partial charge in [-0.1, -0.05) is 73.6 Å². The molecule has 0 saturated carbocycles. The fraction of sp³-hybridized carbons (Fsp3) is 0.250. The molecule has 0 radical (unpaired) electrons. The molecule has 0 unspecified atom stereocenters. The molecular weight excluding hydrogens is 469 g/mol. The van der Waals surface area contributed by atoms with Crippen molar-refractivity contribution < 1.29 is 27.6 Å². The molecule has 1 N–H and O–H groups in total. The van der Waals surface area contributed by atoms with E-state index in [0.29, 0.717) is 17.5 Å². The molecule has 3 aromatic carbocycles. The second-order valence-electron chi connectivity index (χ2n) is 8.99. The molecule has 0 spiro atoms. The van der Waals surface area contributed by atoms with Crippen molar-refractivity contribution >= 4 is 5.97 Å². The monoisotopic (exact) mass is 494 g/mol. The number of aryl methyl sites for hydroxylation is 1. The highest BCUT2D eigenvalue weighted by Crippen LogP contribution is 2.40. The zero-order valence-electron chi connectivity index (χ0n) is 20.0. The van der Waals surface area contributed by atoms with Crippen LogP contribution in [0.3, 0.4) is 0 Å². The van der Waals surface area contributed by atoms with Crippen LogP contribution in [0.15, 0.2) is 71.3 Å². The molecule has 0 saturated heterocycles. The van der Waals surface area contributed by atoms with Crippen molar-refractivity contribution in [3.8, 4) is 34.0 Å². The number of aliphatic carboxylic acids is 1. The summed E-state index contributed by atoms with van der Waals surface area (Å²) in [5.74, 6) is -1.02. The van der Waals surface area contributed by atoms with Crippen molar-refractivity contribution in [2.45, 2.75) is 39.3 Å². The summed E-state index contributed by atoms with van der Waals surface area (Å²) in [7, 11) is 0. The molecular formula is C28H25F3N2O3. The molecule has 0 fully saturated rings. The van der Waals surface area contributed by atoms with Crippen LogP contribution in [-0.4, -0.2) is 21.2 Å². The van der Waals surface area contributed by atoms with Crippen LogP contribution in [-0.2, 0) is 11.0 Å². The Morgan fingerprint density at radius 2 is 1.64 bits per heavy atom. The van der Waals surface area contributed by atoms with Gasteiger partial charge in [0, 0.05) is 11.1 Å². The van der Waals surface area contributed by atoms with E-state index >= 15 is 0 Å². The molecule has 1 aromatic heterocycles. The highest BCUT2D eigenvalue weighted by atomic mass is 19.4. The summed E-state index contributed by atoms with van der Waals surface area (Å²) in [6, 6.07) is 18.2. The Labute approximate surface area is 206 Å². The molecule has 4 rings (SSSR count). The van der Waals surface area contributed by atoms with Crippen molar-refractivity contribution in [1.29, 1.82) is 0 Å². The van der Waals surface area contributed by atoms with Crippen molar-refractivity contribution in [2.75, 3.05) is 0 Å². The van der Waals surface area contributed by atoms with Gasteiger partial charge in [0.1, 0.15) is 0 Å². The summed E-state index contributed by atoms with van der Waals surface area (Å²) in [6.45, 7) is 5.40. The number of halogens is 3. The standard InChI is InChI=1S/C28H25F3N2O3/c1-16-6-4-5-7-22(16)23-13-12-21(15-24(23)28(29,30)31)26-32-25(33-36-26)20-10-8-19(9-11-20)17(2)14-18(3)27(34)35/h4-13,15,17-18H,14H2,1-3H3,(H,34,35)/t17-,18+/m1/s1. The summed E-state index contributed by atoms with van der Waals surface area (Å²) in [5, 5.41) is 13.1. The number of rotatable bonds is 7. The van der Waals surface area contributed by atoms with Crippen LogP contribution in [0.2, 0.25) is 0 Å². The largest absolute Gasteiger partial charge is 0.481 e. The highest BCUT2D eigenvalue weighted by Gasteiger charge is 2.34. The van der Waals surface area contributed by atoms with Gasteiger partial charge >= 0.3 is 12.1 Å². The minimum Gasteiger partial charge on any atom is -0.481 e. The molecule has 5 nitrogen and oxygen atoms in total. The number of carbonyl (C=O) groups is 1. The van der Waals surface area contributed by atoms with Crippen molar-refractivity contribution in [2.24, 2.45) is 5.92 Å². The van der Waals surface area contributed by atoms with Crippen LogP contribution in [0, 0.1) is 12.8 Å². The van der Waals surface area contributed by atoms with Crippen molar-refractivity contribution in [1.82, 2.24) is 10.1 Å². The van der Waals surface area contributed by atoms with Gasteiger partial charge in [-0.2, -0.15) is 18.2 Å². The van der Waals surface area contributed by atoms with Gasteiger partial charge < -0.3 is 9.63 Å². The fourth-order valence-electron chi connectivity index (χ4n) is 4.21. The Hall–Kier alpha value is -3.94. The zero-order chi connectivity index (χ0) is 26.0. The number of alkyl halides is 3. The van der Waals surface area contributed by atoms with Gasteiger partial charge in [-0.3, -0.25) is 4.79 Å². The van der Waals surface area contributed by atoms with Crippen LogP contribution >= 0.6 is 0 Å². The Bertz CT molecular complexity index is 1380. The molecule has 0 aliphatic rings. The Morgan fingerprint density at radius 3 is 2.28 bits per heavy atom. The van der Waals surface area contributed by atoms with Crippen molar-refractivity contribution in [3.63, 3.8) is 0 Å². The number of hydrogen-bond donors (Lipinski definition) is 1. The lowest BCUT2D eigenvalue weighted by atomic mass is 9.91. The Morgan fingerprint density at radius 1 is 0.972 bits per heavy atom. The predicted molar refractivity (Wildman–Crippen MR) is 130 cm³/mol. The quantitative estimate of drug-likeness (QED) is 0.286. The van der Waals surface area contributed by atoms with Crippen LogP contribution < -0.4 is 0 Å². The van der Waals surface area contributed by atoms with Gasteiger partial charge in [-0.25, -0.2) is 0 Å². The molecule has 0 aliphatic heterocycles. The first-order chi connectivity index (χ1) is 17.0. The van der Waals surface area contributed by atoms with E-state index in [2.05, 4.69) is 10.1 Å². The molecule has 4 aromatic rings. The highest BCUT2D eigenvalue weighted by molar-refractivity contribution is 5.74. The minimum absolute atomic E-state index is 0.0143. The van der Waals surface area contributed by atoms with Crippen LogP contribution in [0.1, 0.15) is 42.9 Å². The fourth-order valence-corrected chi connectivity index (χ4v) is 4.21. The second-order valence-corrected chi connectivity index (χ2v) is 8.99. The third-order valence-electron chi connectivity index (χ3n) is 6.30. The van der Waals surface area contributed by atoms with E-state index in [4.69, 9.17) is 9.63 Å². The van der Waals surface area contributed by atoms with Gasteiger partial charge in [0.2, 0.25) is 5.82 Å². The summed E-state index contributed by atoms with van der Waals surface area (Å²) < 4.78 is 47.2. The van der Waals surface area contributed by atoms with Gasteiger partial charge in [-0.15, -0.1) is 0 Å². The van der Waals surface area contributed by atoms with Gasteiger partial charge in [0.25, 0.3) is 5.89 Å². The molecule has 0 aliphatic carbocycles. The first-order valence-corrected chi connectivity index (χ1v) is 11.5. The van der Waals surface area contributed by atoms with E-state index in [1.807, 2.05) is 19.1 Å². The molecule has 2 atom stereocenters. The molecule has 1 heterocycles. The number of hydrogen-bond acceptors (Lipinski definition) is 4. The van der Waals surface area contributed by atoms with Gasteiger partial charge in [0.15, 0.2) is 0 Å². The summed E-state index contributed by atoms with van der Waals surface area (Å²) in [6.07, 6.45) is -4.07. The van der Waals surface area contributed by atoms with E-state index in [9.17, 15) is 18.0 Å². The minimum atomic E-state index is -4.57. The molecule has 0 bridgehead atoms. The third kappa shape index (κ3) is 5.32. The number of carboxylic acid groups (broad SMARTS) is 1. The van der Waals surface area contributed by atoms with Gasteiger partial charge in [-0.05, 0) is 53.6 Å². The molecule has 186 valence electrons. The van der Waals surface area contributed by atoms with Crippen molar-refractivity contribution in [3.05, 3.63) is 83.4 Å². The third-order valence-corrected chi connectivity index (χ3v) is 6.30. The predicted octanol–water partition coefficient (Wildman–Crippen LogP) is 7.61.